The lowest BCUT2D eigenvalue weighted by molar-refractivity contribution is 0.102. The Hall–Kier alpha value is -3.33. The van der Waals surface area contributed by atoms with E-state index in [9.17, 15) is 26.4 Å². The molecule has 0 atom stereocenters. The van der Waals surface area contributed by atoms with Gasteiger partial charge in [0, 0.05) is 17.3 Å². The summed E-state index contributed by atoms with van der Waals surface area (Å²) < 4.78 is 66.8. The second-order valence-corrected chi connectivity index (χ2v) is 8.15. The van der Waals surface area contributed by atoms with Crippen LogP contribution in [0.5, 0.6) is 5.75 Å². The van der Waals surface area contributed by atoms with Crippen molar-refractivity contribution in [1.29, 1.82) is 0 Å². The first-order chi connectivity index (χ1) is 14.3. The molecule has 3 aromatic rings. The van der Waals surface area contributed by atoms with E-state index in [-0.39, 0.29) is 18.0 Å². The highest BCUT2D eigenvalue weighted by molar-refractivity contribution is 7.91. The van der Waals surface area contributed by atoms with Crippen LogP contribution in [0.1, 0.15) is 15.9 Å². The third kappa shape index (κ3) is 5.18. The molecule has 0 radical (unpaired) electrons. The molecular weight excluding hydrogens is 419 g/mol. The molecule has 0 aliphatic heterocycles. The van der Waals surface area contributed by atoms with Crippen LogP contribution in [0.2, 0.25) is 0 Å². The summed E-state index contributed by atoms with van der Waals surface area (Å²) in [5.74, 6) is -4.02. The molecule has 0 aliphatic carbocycles. The van der Waals surface area contributed by atoms with Crippen molar-refractivity contribution in [2.24, 2.45) is 0 Å². The maximum absolute atomic E-state index is 13.2. The van der Waals surface area contributed by atoms with Crippen molar-refractivity contribution in [3.05, 3.63) is 89.7 Å². The summed E-state index contributed by atoms with van der Waals surface area (Å²) in [6.45, 7) is 0.134. The molecule has 3 aromatic carbocycles. The highest BCUT2D eigenvalue weighted by atomic mass is 32.2. The van der Waals surface area contributed by atoms with E-state index in [4.69, 9.17) is 4.74 Å². The lowest BCUT2D eigenvalue weighted by Gasteiger charge is -2.10. The van der Waals surface area contributed by atoms with Crippen LogP contribution in [-0.2, 0) is 16.4 Å². The number of nitrogens with one attached hydrogen (secondary N) is 1. The fourth-order valence-corrected chi connectivity index (χ4v) is 3.28. The van der Waals surface area contributed by atoms with E-state index in [2.05, 4.69) is 5.32 Å². The molecule has 0 fully saturated rings. The van der Waals surface area contributed by atoms with Crippen LogP contribution in [0.15, 0.2) is 77.7 Å². The van der Waals surface area contributed by atoms with E-state index in [1.807, 2.05) is 0 Å². The van der Waals surface area contributed by atoms with Gasteiger partial charge < -0.3 is 10.1 Å². The number of anilines is 1. The number of halogens is 3. The van der Waals surface area contributed by atoms with Gasteiger partial charge in [-0.15, -0.1) is 0 Å². The van der Waals surface area contributed by atoms with Crippen molar-refractivity contribution in [3.63, 3.8) is 0 Å². The fraction of sp³-hybridized carbons (Fsp3) is 0.0952. The van der Waals surface area contributed by atoms with E-state index in [1.54, 1.807) is 36.4 Å². The molecule has 0 spiro atoms. The number of sulfone groups is 1. The second-order valence-electron chi connectivity index (χ2n) is 6.23. The lowest BCUT2D eigenvalue weighted by atomic mass is 10.2. The Morgan fingerprint density at radius 2 is 1.67 bits per heavy atom. The van der Waals surface area contributed by atoms with Gasteiger partial charge in [0.15, 0.2) is 0 Å². The SMILES string of the molecule is O=C(Nc1cccc(OCc2cccc(F)c2)c1)c1ccc(S(=O)(=O)C(F)F)cc1. The number of rotatable bonds is 7. The summed E-state index contributed by atoms with van der Waals surface area (Å²) in [5, 5.41) is 2.61. The van der Waals surface area contributed by atoms with Gasteiger partial charge in [-0.25, -0.2) is 12.8 Å². The van der Waals surface area contributed by atoms with E-state index in [0.717, 1.165) is 24.3 Å². The minimum atomic E-state index is -4.72. The van der Waals surface area contributed by atoms with Gasteiger partial charge in [-0.2, -0.15) is 8.78 Å². The summed E-state index contributed by atoms with van der Waals surface area (Å²) in [4.78, 5) is 11.8. The maximum atomic E-state index is 13.2. The number of carbonyl (C=O) groups excluding carboxylic acids is 1. The summed E-state index contributed by atoms with van der Waals surface area (Å²) in [6.07, 6.45) is 0. The number of hydrogen-bond donors (Lipinski definition) is 1. The molecule has 0 aliphatic rings. The van der Waals surface area contributed by atoms with Crippen LogP contribution in [-0.4, -0.2) is 20.1 Å². The molecule has 3 rings (SSSR count). The highest BCUT2D eigenvalue weighted by Gasteiger charge is 2.26. The standard InChI is InChI=1S/C21H16F3NO4S/c22-16-4-1-3-14(11-16)13-29-18-6-2-5-17(12-18)25-20(26)15-7-9-19(10-8-15)30(27,28)21(23)24/h1-12,21H,13H2,(H,25,26). The summed E-state index contributed by atoms with van der Waals surface area (Å²) in [7, 11) is -4.72. The molecule has 30 heavy (non-hydrogen) atoms. The van der Waals surface area contributed by atoms with E-state index in [0.29, 0.717) is 17.0 Å². The molecule has 0 unspecified atom stereocenters. The van der Waals surface area contributed by atoms with Gasteiger partial charge in [0.25, 0.3) is 5.91 Å². The summed E-state index contributed by atoms with van der Waals surface area (Å²) >= 11 is 0. The van der Waals surface area contributed by atoms with Gasteiger partial charge >= 0.3 is 5.76 Å². The van der Waals surface area contributed by atoms with Crippen LogP contribution in [0.3, 0.4) is 0 Å². The number of ether oxygens (including phenoxy) is 1. The lowest BCUT2D eigenvalue weighted by Crippen LogP contribution is -2.14. The topological polar surface area (TPSA) is 72.5 Å². The van der Waals surface area contributed by atoms with Crippen LogP contribution >= 0.6 is 0 Å². The second kappa shape index (κ2) is 9.00. The van der Waals surface area contributed by atoms with E-state index >= 15 is 0 Å². The third-order valence-corrected chi connectivity index (χ3v) is 5.46. The van der Waals surface area contributed by atoms with Gasteiger partial charge in [0.2, 0.25) is 9.84 Å². The predicted molar refractivity (Wildman–Crippen MR) is 105 cm³/mol. The first-order valence-corrected chi connectivity index (χ1v) is 10.2. The first kappa shape index (κ1) is 21.4. The molecule has 0 aromatic heterocycles. The zero-order valence-corrected chi connectivity index (χ0v) is 16.2. The smallest absolute Gasteiger partial charge is 0.341 e. The fourth-order valence-electron chi connectivity index (χ4n) is 2.56. The highest BCUT2D eigenvalue weighted by Crippen LogP contribution is 2.21. The Bertz CT molecular complexity index is 1150. The zero-order valence-electron chi connectivity index (χ0n) is 15.4. The number of hydrogen-bond acceptors (Lipinski definition) is 4. The molecule has 0 saturated heterocycles. The Labute approximate surface area is 171 Å². The Kier molecular flexibility index (Phi) is 6.41. The Morgan fingerprint density at radius 1 is 0.967 bits per heavy atom. The quantitative estimate of drug-likeness (QED) is 0.586. The van der Waals surface area contributed by atoms with Crippen molar-refractivity contribution in [3.8, 4) is 5.75 Å². The molecule has 0 heterocycles. The molecule has 5 nitrogen and oxygen atoms in total. The van der Waals surface area contributed by atoms with Crippen LogP contribution in [0.4, 0.5) is 18.9 Å². The minimum Gasteiger partial charge on any atom is -0.489 e. The van der Waals surface area contributed by atoms with Crippen molar-refractivity contribution >= 4 is 21.4 Å². The molecule has 1 amide bonds. The molecule has 0 saturated carbocycles. The number of alkyl halides is 2. The number of amides is 1. The minimum absolute atomic E-state index is 0.0919. The van der Waals surface area contributed by atoms with Crippen molar-refractivity contribution < 1.29 is 31.1 Å². The van der Waals surface area contributed by atoms with Crippen LogP contribution in [0, 0.1) is 5.82 Å². The molecule has 156 valence electrons. The van der Waals surface area contributed by atoms with Crippen molar-refractivity contribution in [2.75, 3.05) is 5.32 Å². The molecule has 1 N–H and O–H groups in total. The Balaban J connectivity index is 1.66. The molecule has 0 bridgehead atoms. The van der Waals surface area contributed by atoms with Crippen LogP contribution in [0.25, 0.3) is 0 Å². The molecular formula is C21H16F3NO4S. The van der Waals surface area contributed by atoms with Crippen molar-refractivity contribution in [1.82, 2.24) is 0 Å². The monoisotopic (exact) mass is 435 g/mol. The predicted octanol–water partition coefficient (Wildman–Crippen LogP) is 4.65. The van der Waals surface area contributed by atoms with Gasteiger partial charge in [0.05, 0.1) is 4.90 Å². The zero-order chi connectivity index (χ0) is 21.7. The average Bonchev–Trinajstić information content (AvgIpc) is 2.72. The van der Waals surface area contributed by atoms with E-state index < -0.39 is 26.4 Å². The van der Waals surface area contributed by atoms with Gasteiger partial charge in [0.1, 0.15) is 18.2 Å². The largest absolute Gasteiger partial charge is 0.489 e. The number of carbonyl (C=O) groups is 1. The summed E-state index contributed by atoms with van der Waals surface area (Å²) in [6, 6.07) is 16.7. The maximum Gasteiger partial charge on any atom is 0.341 e. The normalized spacial score (nSPS) is 11.3. The van der Waals surface area contributed by atoms with Gasteiger partial charge in [-0.3, -0.25) is 4.79 Å². The number of benzene rings is 3. The molecule has 9 heteroatoms. The average molecular weight is 435 g/mol. The van der Waals surface area contributed by atoms with E-state index in [1.165, 1.54) is 12.1 Å². The Morgan fingerprint density at radius 3 is 2.33 bits per heavy atom. The van der Waals surface area contributed by atoms with Crippen molar-refractivity contribution in [2.45, 2.75) is 17.3 Å². The third-order valence-electron chi connectivity index (χ3n) is 4.07. The van der Waals surface area contributed by atoms with Crippen LogP contribution < -0.4 is 10.1 Å². The first-order valence-electron chi connectivity index (χ1n) is 8.66. The van der Waals surface area contributed by atoms with Gasteiger partial charge in [-0.05, 0) is 54.1 Å². The van der Waals surface area contributed by atoms with Gasteiger partial charge in [-0.1, -0.05) is 18.2 Å². The summed E-state index contributed by atoms with van der Waals surface area (Å²) in [5.41, 5.74) is 1.14.